The number of ether oxygens (including phenoxy) is 2. The molecule has 44 heavy (non-hydrogen) atoms. The topological polar surface area (TPSA) is 92.5 Å². The second kappa shape index (κ2) is 12.5. The molecule has 4 heterocycles. The van der Waals surface area contributed by atoms with Gasteiger partial charge in [0.2, 0.25) is 6.54 Å². The SMILES string of the molecule is [C-]#[N+]C[C@H]1CN(c2nc(OC(=O)[C@@H]3CCCN3C)nc3c2COC(c2cccc4cccc(Cl)c24)C3)CCN1C(=O)C(=C)F. The number of amides is 1. The molecule has 3 aromatic rings. The van der Waals surface area contributed by atoms with Gasteiger partial charge in [-0.25, -0.2) is 15.8 Å². The molecule has 0 spiro atoms. The fraction of sp³-hybridized carbons (Fsp3) is 0.406. The number of hydrogen-bond acceptors (Lipinski definition) is 8. The van der Waals surface area contributed by atoms with Crippen LogP contribution in [-0.4, -0.2) is 83.5 Å². The fourth-order valence-corrected chi connectivity index (χ4v) is 6.72. The number of fused-ring (bicyclic) bond motifs is 2. The van der Waals surface area contributed by atoms with Crippen LogP contribution in [0, 0.1) is 6.57 Å². The molecule has 3 aliphatic heterocycles. The van der Waals surface area contributed by atoms with Crippen molar-refractivity contribution in [3.63, 3.8) is 0 Å². The van der Waals surface area contributed by atoms with Gasteiger partial charge in [-0.1, -0.05) is 48.5 Å². The predicted molar refractivity (Wildman–Crippen MR) is 163 cm³/mol. The zero-order chi connectivity index (χ0) is 31.0. The molecule has 2 aromatic carbocycles. The van der Waals surface area contributed by atoms with Crippen molar-refractivity contribution in [2.24, 2.45) is 0 Å². The quantitative estimate of drug-likeness (QED) is 0.226. The summed E-state index contributed by atoms with van der Waals surface area (Å²) in [6.07, 6.45) is 1.61. The minimum Gasteiger partial charge on any atom is -0.390 e. The molecule has 228 valence electrons. The number of hydrogen-bond donors (Lipinski definition) is 0. The third kappa shape index (κ3) is 5.73. The molecule has 10 nitrogen and oxygen atoms in total. The van der Waals surface area contributed by atoms with Gasteiger partial charge in [0.1, 0.15) is 17.9 Å². The van der Waals surface area contributed by atoms with Crippen molar-refractivity contribution in [2.75, 3.05) is 44.7 Å². The molecule has 2 fully saturated rings. The van der Waals surface area contributed by atoms with Crippen molar-refractivity contribution in [3.05, 3.63) is 82.1 Å². The molecule has 0 aliphatic carbocycles. The van der Waals surface area contributed by atoms with E-state index in [9.17, 15) is 14.0 Å². The highest BCUT2D eigenvalue weighted by molar-refractivity contribution is 6.35. The van der Waals surface area contributed by atoms with Crippen LogP contribution in [0.2, 0.25) is 5.02 Å². The summed E-state index contributed by atoms with van der Waals surface area (Å²) in [7, 11) is 1.89. The van der Waals surface area contributed by atoms with E-state index in [-0.39, 0.29) is 44.4 Å². The van der Waals surface area contributed by atoms with Crippen LogP contribution in [0.4, 0.5) is 10.2 Å². The number of likely N-dealkylation sites (N-methyl/N-ethyl adjacent to an activating group) is 1. The molecular weight excluding hydrogens is 587 g/mol. The molecule has 0 N–H and O–H groups in total. The van der Waals surface area contributed by atoms with Gasteiger partial charge in [0.05, 0.1) is 18.4 Å². The van der Waals surface area contributed by atoms with Crippen molar-refractivity contribution >= 4 is 40.1 Å². The van der Waals surface area contributed by atoms with Crippen LogP contribution in [0.15, 0.2) is 48.8 Å². The number of nitrogens with zero attached hydrogens (tertiary/aromatic N) is 6. The Morgan fingerprint density at radius 3 is 2.73 bits per heavy atom. The van der Waals surface area contributed by atoms with Crippen molar-refractivity contribution in [1.82, 2.24) is 19.8 Å². The number of anilines is 1. The van der Waals surface area contributed by atoms with Crippen LogP contribution >= 0.6 is 11.6 Å². The zero-order valence-electron chi connectivity index (χ0n) is 24.3. The molecule has 3 aliphatic rings. The number of rotatable bonds is 6. The summed E-state index contributed by atoms with van der Waals surface area (Å²) >= 11 is 6.63. The summed E-state index contributed by atoms with van der Waals surface area (Å²) in [6, 6.07) is 10.7. The number of carbonyl (C=O) groups is 2. The number of likely N-dealkylation sites (tertiary alicyclic amines) is 1. The fourth-order valence-electron chi connectivity index (χ4n) is 6.43. The highest BCUT2D eigenvalue weighted by atomic mass is 35.5. The monoisotopic (exact) mass is 618 g/mol. The Balaban J connectivity index is 1.36. The summed E-state index contributed by atoms with van der Waals surface area (Å²) in [5.41, 5.74) is 2.34. The van der Waals surface area contributed by atoms with Crippen molar-refractivity contribution in [2.45, 2.75) is 44.1 Å². The Hall–Kier alpha value is -4.11. The van der Waals surface area contributed by atoms with Gasteiger partial charge in [-0.15, -0.1) is 0 Å². The van der Waals surface area contributed by atoms with Crippen molar-refractivity contribution in [1.29, 1.82) is 0 Å². The molecule has 3 atom stereocenters. The van der Waals surface area contributed by atoms with E-state index in [0.717, 1.165) is 34.9 Å². The number of piperazine rings is 1. The predicted octanol–water partition coefficient (Wildman–Crippen LogP) is 4.52. The molecule has 6 rings (SSSR count). The van der Waals surface area contributed by atoms with Gasteiger partial charge in [-0.2, -0.15) is 9.97 Å². The van der Waals surface area contributed by atoms with Crippen molar-refractivity contribution < 1.29 is 23.5 Å². The normalized spacial score (nSPS) is 22.0. The molecule has 1 unspecified atom stereocenters. The van der Waals surface area contributed by atoms with E-state index < -0.39 is 23.7 Å². The zero-order valence-corrected chi connectivity index (χ0v) is 25.1. The van der Waals surface area contributed by atoms with E-state index in [4.69, 9.17) is 32.6 Å². The third-order valence-corrected chi connectivity index (χ3v) is 8.97. The van der Waals surface area contributed by atoms with E-state index >= 15 is 0 Å². The maximum absolute atomic E-state index is 13.8. The van der Waals surface area contributed by atoms with E-state index in [2.05, 4.69) is 16.4 Å². The van der Waals surface area contributed by atoms with Crippen LogP contribution in [0.1, 0.15) is 35.8 Å². The van der Waals surface area contributed by atoms with Gasteiger partial charge in [-0.3, -0.25) is 9.69 Å². The van der Waals surface area contributed by atoms with Crippen LogP contribution in [0.5, 0.6) is 6.01 Å². The lowest BCUT2D eigenvalue weighted by Gasteiger charge is -2.40. The summed E-state index contributed by atoms with van der Waals surface area (Å²) in [6.45, 7) is 12.3. The van der Waals surface area contributed by atoms with Crippen LogP contribution in [0.25, 0.3) is 15.6 Å². The Bertz CT molecular complexity index is 1670. The van der Waals surface area contributed by atoms with Gasteiger partial charge in [0.25, 0.3) is 5.91 Å². The summed E-state index contributed by atoms with van der Waals surface area (Å²) in [4.78, 5) is 43.8. The molecular formula is C32H32ClFN6O4. The molecule has 2 saturated heterocycles. The average molecular weight is 619 g/mol. The van der Waals surface area contributed by atoms with E-state index in [1.807, 2.05) is 53.2 Å². The lowest BCUT2D eigenvalue weighted by atomic mass is 9.94. The molecule has 12 heteroatoms. The Labute approximate surface area is 259 Å². The van der Waals surface area contributed by atoms with Crippen LogP contribution in [0.3, 0.4) is 0 Å². The number of aromatic nitrogens is 2. The molecule has 1 amide bonds. The third-order valence-electron chi connectivity index (χ3n) is 8.65. The lowest BCUT2D eigenvalue weighted by Crippen LogP contribution is -2.57. The first-order valence-electron chi connectivity index (χ1n) is 14.6. The maximum atomic E-state index is 13.8. The van der Waals surface area contributed by atoms with Gasteiger partial charge in [0.15, 0.2) is 5.83 Å². The highest BCUT2D eigenvalue weighted by Crippen LogP contribution is 2.39. The Morgan fingerprint density at radius 2 is 2.00 bits per heavy atom. The molecule has 0 bridgehead atoms. The Morgan fingerprint density at radius 1 is 1.20 bits per heavy atom. The standard InChI is InChI=1S/C32H32ClFN6O4/c1-19(34)30(41)40-14-13-39(17-21(40)16-35-2)29-23-18-43-27(22-9-4-7-20-8-5-10-24(33)28(20)22)15-25(23)36-32(37-29)44-31(42)26-11-6-12-38(26)3/h4-5,7-10,21,26-27H,1,6,11-18H2,3H3/t21-,26-,27?/m0/s1. The van der Waals surface area contributed by atoms with Gasteiger partial charge >= 0.3 is 12.0 Å². The first-order valence-corrected chi connectivity index (χ1v) is 15.0. The smallest absolute Gasteiger partial charge is 0.331 e. The first-order chi connectivity index (χ1) is 21.2. The summed E-state index contributed by atoms with van der Waals surface area (Å²) in [5, 5.41) is 2.53. The van der Waals surface area contributed by atoms with Gasteiger partial charge in [-0.05, 0) is 43.5 Å². The second-order valence-corrected chi connectivity index (χ2v) is 11.8. The number of benzene rings is 2. The minimum absolute atomic E-state index is 0.0148. The Kier molecular flexibility index (Phi) is 8.49. The van der Waals surface area contributed by atoms with E-state index in [0.29, 0.717) is 35.9 Å². The molecule has 0 radical (unpaired) electrons. The van der Waals surface area contributed by atoms with Gasteiger partial charge < -0.3 is 24.1 Å². The molecule has 0 saturated carbocycles. The number of esters is 1. The van der Waals surface area contributed by atoms with Crippen LogP contribution < -0.4 is 9.64 Å². The first kappa shape index (κ1) is 29.9. The molecule has 1 aromatic heterocycles. The van der Waals surface area contributed by atoms with E-state index in [1.54, 1.807) is 0 Å². The van der Waals surface area contributed by atoms with Crippen LogP contribution in [-0.2, 0) is 27.4 Å². The lowest BCUT2D eigenvalue weighted by molar-refractivity contribution is -0.139. The van der Waals surface area contributed by atoms with Crippen molar-refractivity contribution in [3.8, 4) is 6.01 Å². The maximum Gasteiger partial charge on any atom is 0.331 e. The summed E-state index contributed by atoms with van der Waals surface area (Å²) in [5.74, 6) is -1.79. The summed E-state index contributed by atoms with van der Waals surface area (Å²) < 4.78 is 26.0. The average Bonchev–Trinajstić information content (AvgIpc) is 3.46. The highest BCUT2D eigenvalue weighted by Gasteiger charge is 2.37. The van der Waals surface area contributed by atoms with E-state index in [1.165, 1.54) is 4.90 Å². The largest absolute Gasteiger partial charge is 0.390 e. The van der Waals surface area contributed by atoms with Gasteiger partial charge in [0, 0.05) is 42.0 Å². The second-order valence-electron chi connectivity index (χ2n) is 11.3. The number of carbonyl (C=O) groups excluding carboxylic acids is 2. The minimum atomic E-state index is -1.06. The number of halogens is 2.